The largest absolute Gasteiger partial charge is 0.378 e. The topological polar surface area (TPSA) is 115 Å². The highest BCUT2D eigenvalue weighted by Gasteiger charge is 2.30. The Morgan fingerprint density at radius 3 is 2.43 bits per heavy atom. The summed E-state index contributed by atoms with van der Waals surface area (Å²) in [5, 5.41) is 11.4. The van der Waals surface area contributed by atoms with Crippen LogP contribution in [-0.4, -0.2) is 74.4 Å². The van der Waals surface area contributed by atoms with Gasteiger partial charge >= 0.3 is 5.69 Å². The SMILES string of the molecule is C[NH+]1CCN(c2nc(N)c([N+](=O)[O-])c(N3CCOCC3)n2)CC1. The van der Waals surface area contributed by atoms with E-state index in [1.165, 1.54) is 4.90 Å². The fraction of sp³-hybridized carbons (Fsp3) is 0.692. The summed E-state index contributed by atoms with van der Waals surface area (Å²) in [4.78, 5) is 24.9. The van der Waals surface area contributed by atoms with Gasteiger partial charge in [-0.3, -0.25) is 10.1 Å². The van der Waals surface area contributed by atoms with E-state index in [2.05, 4.69) is 17.0 Å². The number of nitrogens with two attached hydrogens (primary N) is 1. The van der Waals surface area contributed by atoms with Gasteiger partial charge in [0.2, 0.25) is 17.6 Å². The number of likely N-dealkylation sites (N-methyl/N-ethyl adjacent to an activating group) is 1. The van der Waals surface area contributed by atoms with E-state index in [0.29, 0.717) is 38.1 Å². The third kappa shape index (κ3) is 3.27. The van der Waals surface area contributed by atoms with Crippen LogP contribution in [0.25, 0.3) is 0 Å². The van der Waals surface area contributed by atoms with E-state index < -0.39 is 4.92 Å². The minimum atomic E-state index is -0.502. The van der Waals surface area contributed by atoms with Gasteiger partial charge in [0, 0.05) is 13.1 Å². The molecule has 0 bridgehead atoms. The third-order valence-corrected chi connectivity index (χ3v) is 4.27. The molecule has 0 aliphatic carbocycles. The Balaban J connectivity index is 1.95. The number of ether oxygens (including phenoxy) is 1. The lowest BCUT2D eigenvalue weighted by Crippen LogP contribution is -3.12. The molecule has 2 aliphatic rings. The molecule has 10 nitrogen and oxygen atoms in total. The number of nitrogens with one attached hydrogen (secondary N) is 1. The summed E-state index contributed by atoms with van der Waals surface area (Å²) >= 11 is 0. The molecule has 2 saturated heterocycles. The summed E-state index contributed by atoms with van der Waals surface area (Å²) in [5.41, 5.74) is 5.67. The van der Waals surface area contributed by atoms with Gasteiger partial charge in [-0.1, -0.05) is 0 Å². The number of quaternary nitrogens is 1. The molecule has 126 valence electrons. The first-order chi connectivity index (χ1) is 11.1. The second-order valence-corrected chi connectivity index (χ2v) is 5.88. The number of rotatable bonds is 3. The zero-order chi connectivity index (χ0) is 16.4. The molecule has 2 aliphatic heterocycles. The zero-order valence-electron chi connectivity index (χ0n) is 13.2. The van der Waals surface area contributed by atoms with Gasteiger partial charge in [0.25, 0.3) is 0 Å². The number of anilines is 3. The van der Waals surface area contributed by atoms with Crippen LogP contribution in [0.2, 0.25) is 0 Å². The maximum Gasteiger partial charge on any atom is 0.353 e. The molecule has 1 aromatic heterocycles. The minimum Gasteiger partial charge on any atom is -0.378 e. The maximum absolute atomic E-state index is 11.4. The fourth-order valence-corrected chi connectivity index (χ4v) is 2.85. The van der Waals surface area contributed by atoms with Crippen molar-refractivity contribution in [3.63, 3.8) is 0 Å². The van der Waals surface area contributed by atoms with Crippen LogP contribution in [0.5, 0.6) is 0 Å². The predicted octanol–water partition coefficient (Wildman–Crippen LogP) is -1.86. The average molecular weight is 324 g/mol. The van der Waals surface area contributed by atoms with Crippen molar-refractivity contribution in [2.75, 3.05) is 75.1 Å². The molecule has 1 aromatic rings. The molecule has 0 atom stereocenters. The van der Waals surface area contributed by atoms with Crippen LogP contribution >= 0.6 is 0 Å². The third-order valence-electron chi connectivity index (χ3n) is 4.27. The van der Waals surface area contributed by atoms with Gasteiger partial charge in [-0.05, 0) is 0 Å². The lowest BCUT2D eigenvalue weighted by Gasteiger charge is -2.32. The fourth-order valence-electron chi connectivity index (χ4n) is 2.85. The molecule has 0 unspecified atom stereocenters. The first-order valence-electron chi connectivity index (χ1n) is 7.77. The summed E-state index contributed by atoms with van der Waals surface area (Å²) in [7, 11) is 2.14. The number of aromatic nitrogens is 2. The van der Waals surface area contributed by atoms with E-state index in [1.54, 1.807) is 0 Å². The summed E-state index contributed by atoms with van der Waals surface area (Å²) in [6.07, 6.45) is 0. The average Bonchev–Trinajstić information content (AvgIpc) is 2.55. The Bertz CT molecular complexity index is 583. The van der Waals surface area contributed by atoms with E-state index in [0.717, 1.165) is 26.2 Å². The van der Waals surface area contributed by atoms with Gasteiger partial charge in [0.15, 0.2) is 0 Å². The predicted molar refractivity (Wildman–Crippen MR) is 85.0 cm³/mol. The molecule has 2 fully saturated rings. The van der Waals surface area contributed by atoms with Crippen molar-refractivity contribution in [2.24, 2.45) is 0 Å². The summed E-state index contributed by atoms with van der Waals surface area (Å²) in [5.74, 6) is 0.696. The molecular weight excluding hydrogens is 302 g/mol. The normalized spacial score (nSPS) is 19.9. The lowest BCUT2D eigenvalue weighted by molar-refractivity contribution is -0.880. The van der Waals surface area contributed by atoms with Crippen molar-refractivity contribution in [3.8, 4) is 0 Å². The molecule has 3 rings (SSSR count). The molecule has 0 amide bonds. The molecule has 0 radical (unpaired) electrons. The molecule has 23 heavy (non-hydrogen) atoms. The number of nitrogen functional groups attached to an aromatic ring is 1. The second kappa shape index (κ2) is 6.50. The van der Waals surface area contributed by atoms with E-state index in [9.17, 15) is 10.1 Å². The monoisotopic (exact) mass is 324 g/mol. The summed E-state index contributed by atoms with van der Waals surface area (Å²) in [6.45, 7) is 5.74. The van der Waals surface area contributed by atoms with Crippen LogP contribution in [-0.2, 0) is 4.74 Å². The van der Waals surface area contributed by atoms with Crippen LogP contribution in [0.1, 0.15) is 0 Å². The Labute approximate surface area is 134 Å². The van der Waals surface area contributed by atoms with E-state index >= 15 is 0 Å². The first kappa shape index (κ1) is 15.7. The Hall–Kier alpha value is -2.20. The van der Waals surface area contributed by atoms with Crippen LogP contribution in [0.3, 0.4) is 0 Å². The van der Waals surface area contributed by atoms with Crippen LogP contribution in [0, 0.1) is 10.1 Å². The number of piperazine rings is 1. The van der Waals surface area contributed by atoms with Crippen molar-refractivity contribution in [1.82, 2.24) is 9.97 Å². The van der Waals surface area contributed by atoms with Gasteiger partial charge in [0.05, 0.1) is 51.4 Å². The molecule has 0 spiro atoms. The van der Waals surface area contributed by atoms with Crippen molar-refractivity contribution < 1.29 is 14.6 Å². The second-order valence-electron chi connectivity index (χ2n) is 5.88. The van der Waals surface area contributed by atoms with Crippen LogP contribution in [0.4, 0.5) is 23.3 Å². The van der Waals surface area contributed by atoms with Gasteiger partial charge in [-0.2, -0.15) is 9.97 Å². The van der Waals surface area contributed by atoms with Crippen molar-refractivity contribution in [3.05, 3.63) is 10.1 Å². The first-order valence-corrected chi connectivity index (χ1v) is 7.77. The van der Waals surface area contributed by atoms with Gasteiger partial charge in [-0.25, -0.2) is 0 Å². The number of morpholine rings is 1. The van der Waals surface area contributed by atoms with Gasteiger partial charge in [-0.15, -0.1) is 0 Å². The van der Waals surface area contributed by atoms with E-state index in [1.807, 2.05) is 9.80 Å². The van der Waals surface area contributed by atoms with Gasteiger partial charge < -0.3 is 25.2 Å². The Morgan fingerprint density at radius 1 is 1.17 bits per heavy atom. The van der Waals surface area contributed by atoms with Gasteiger partial charge in [0.1, 0.15) is 0 Å². The highest BCUT2D eigenvalue weighted by atomic mass is 16.6. The van der Waals surface area contributed by atoms with Crippen molar-refractivity contribution in [2.45, 2.75) is 0 Å². The quantitative estimate of drug-likeness (QED) is 0.491. The van der Waals surface area contributed by atoms with E-state index in [4.69, 9.17) is 10.5 Å². The Kier molecular flexibility index (Phi) is 4.44. The Morgan fingerprint density at radius 2 is 1.83 bits per heavy atom. The lowest BCUT2D eigenvalue weighted by atomic mass is 10.3. The molecule has 0 aromatic carbocycles. The smallest absolute Gasteiger partial charge is 0.353 e. The molecule has 10 heteroatoms. The highest BCUT2D eigenvalue weighted by Crippen LogP contribution is 2.33. The van der Waals surface area contributed by atoms with Crippen LogP contribution < -0.4 is 20.4 Å². The molecule has 0 saturated carbocycles. The summed E-state index contributed by atoms with van der Waals surface area (Å²) < 4.78 is 5.31. The number of nitrogens with zero attached hydrogens (tertiary/aromatic N) is 5. The standard InChI is InChI=1S/C13H21N7O3/c1-17-2-4-19(5-3-17)13-15-11(14)10(20(21)22)12(16-13)18-6-8-23-9-7-18/h2-9H2,1H3,(H2,14,15,16)/p+1. The zero-order valence-corrected chi connectivity index (χ0v) is 13.2. The molecule has 3 N–H and O–H groups in total. The molecule has 3 heterocycles. The number of hydrogen-bond acceptors (Lipinski definition) is 8. The minimum absolute atomic E-state index is 0.0761. The van der Waals surface area contributed by atoms with Crippen molar-refractivity contribution >= 4 is 23.3 Å². The van der Waals surface area contributed by atoms with E-state index in [-0.39, 0.29) is 11.5 Å². The number of hydrogen-bond donors (Lipinski definition) is 2. The maximum atomic E-state index is 11.4. The van der Waals surface area contributed by atoms with Crippen LogP contribution in [0.15, 0.2) is 0 Å². The highest BCUT2D eigenvalue weighted by molar-refractivity contribution is 5.71. The number of nitro groups is 1. The van der Waals surface area contributed by atoms with Crippen molar-refractivity contribution in [1.29, 1.82) is 0 Å². The molecular formula is C13H22N7O3+. The summed E-state index contributed by atoms with van der Waals surface area (Å²) in [6, 6.07) is 0.